The molecule has 3 aromatic heterocycles. The fourth-order valence-corrected chi connectivity index (χ4v) is 6.17. The smallest absolute Gasteiger partial charge is 0.232 e. The van der Waals surface area contributed by atoms with Crippen LogP contribution in [0.1, 0.15) is 42.9 Å². The standard InChI is InChI=1S/C25H26F2N8O2S/c1-13-8-20(33-32-13)29-24-21(14-4-5-14)22(19-11-34(2)12-28-19)30-25(31-24)35(3)23-17(26)9-16(10-18(23)27)38(36,37)15-6-7-15/h8-12,14-15H,4-7H2,1-3H3,(H2,29,30,31,32,33). The molecule has 0 atom stereocenters. The van der Waals surface area contributed by atoms with E-state index in [0.29, 0.717) is 35.9 Å². The number of sulfone groups is 1. The Hall–Kier alpha value is -3.87. The molecule has 0 aliphatic heterocycles. The number of hydrogen-bond acceptors (Lipinski definition) is 8. The van der Waals surface area contributed by atoms with Gasteiger partial charge in [-0.1, -0.05) is 0 Å². The van der Waals surface area contributed by atoms with Crippen LogP contribution in [-0.2, 0) is 16.9 Å². The number of halogens is 2. The minimum Gasteiger partial charge on any atom is -0.340 e. The fraction of sp³-hybridized carbons (Fsp3) is 0.360. The van der Waals surface area contributed by atoms with Crippen molar-refractivity contribution in [3.8, 4) is 11.4 Å². The van der Waals surface area contributed by atoms with E-state index in [0.717, 1.165) is 36.2 Å². The Morgan fingerprint density at radius 1 is 1.11 bits per heavy atom. The van der Waals surface area contributed by atoms with E-state index >= 15 is 8.78 Å². The van der Waals surface area contributed by atoms with Crippen molar-refractivity contribution in [2.45, 2.75) is 48.7 Å². The minimum absolute atomic E-state index is 0.0143. The Morgan fingerprint density at radius 3 is 2.37 bits per heavy atom. The van der Waals surface area contributed by atoms with E-state index in [9.17, 15) is 8.42 Å². The molecular weight excluding hydrogens is 514 g/mol. The van der Waals surface area contributed by atoms with Gasteiger partial charge in [-0.15, -0.1) is 0 Å². The lowest BCUT2D eigenvalue weighted by atomic mass is 10.1. The summed E-state index contributed by atoms with van der Waals surface area (Å²) in [6, 6.07) is 3.56. The number of H-pyrrole nitrogens is 1. The molecule has 4 aromatic rings. The van der Waals surface area contributed by atoms with Gasteiger partial charge in [0.1, 0.15) is 22.9 Å². The van der Waals surface area contributed by atoms with E-state index in [2.05, 4.69) is 25.5 Å². The summed E-state index contributed by atoms with van der Waals surface area (Å²) >= 11 is 0. The zero-order valence-corrected chi connectivity index (χ0v) is 21.9. The van der Waals surface area contributed by atoms with Crippen molar-refractivity contribution in [2.75, 3.05) is 17.3 Å². The van der Waals surface area contributed by atoms with Gasteiger partial charge in [0.15, 0.2) is 27.3 Å². The van der Waals surface area contributed by atoms with Gasteiger partial charge in [-0.2, -0.15) is 10.1 Å². The number of anilines is 4. The highest BCUT2D eigenvalue weighted by molar-refractivity contribution is 7.92. The quantitative estimate of drug-likeness (QED) is 0.335. The SMILES string of the molecule is Cc1cc(Nc2nc(N(C)c3c(F)cc(S(=O)(=O)C4CC4)cc3F)nc(-c3cn(C)cn3)c2C2CC2)n[nH]1. The highest BCUT2D eigenvalue weighted by Gasteiger charge is 2.38. The molecule has 0 radical (unpaired) electrons. The summed E-state index contributed by atoms with van der Waals surface area (Å²) < 4.78 is 57.6. The monoisotopic (exact) mass is 540 g/mol. The first-order valence-electron chi connectivity index (χ1n) is 12.3. The zero-order valence-electron chi connectivity index (χ0n) is 21.0. The van der Waals surface area contributed by atoms with Crippen LogP contribution in [0.15, 0.2) is 35.6 Å². The van der Waals surface area contributed by atoms with E-state index < -0.39 is 32.4 Å². The van der Waals surface area contributed by atoms with Gasteiger partial charge in [-0.3, -0.25) is 5.10 Å². The van der Waals surface area contributed by atoms with Crippen molar-refractivity contribution < 1.29 is 17.2 Å². The summed E-state index contributed by atoms with van der Waals surface area (Å²) in [5.74, 6) is -0.813. The molecule has 1 aromatic carbocycles. The number of hydrogen-bond donors (Lipinski definition) is 2. The van der Waals surface area contributed by atoms with Crippen LogP contribution in [0.4, 0.5) is 32.1 Å². The number of imidazole rings is 1. The first-order chi connectivity index (χ1) is 18.1. The first kappa shape index (κ1) is 24.5. The Kier molecular flexibility index (Phi) is 5.70. The van der Waals surface area contributed by atoms with Gasteiger partial charge in [0.25, 0.3) is 0 Å². The van der Waals surface area contributed by atoms with Crippen LogP contribution in [0.2, 0.25) is 0 Å². The number of nitrogens with zero attached hydrogens (tertiary/aromatic N) is 6. The van der Waals surface area contributed by atoms with Crippen molar-refractivity contribution in [1.82, 2.24) is 29.7 Å². The summed E-state index contributed by atoms with van der Waals surface area (Å²) in [4.78, 5) is 14.7. The lowest BCUT2D eigenvalue weighted by Crippen LogP contribution is -2.19. The molecule has 10 nitrogen and oxygen atoms in total. The summed E-state index contributed by atoms with van der Waals surface area (Å²) in [6.45, 7) is 1.87. The van der Waals surface area contributed by atoms with Crippen LogP contribution in [0.5, 0.6) is 0 Å². The minimum atomic E-state index is -3.77. The van der Waals surface area contributed by atoms with Gasteiger partial charge in [0.2, 0.25) is 5.95 Å². The van der Waals surface area contributed by atoms with Crippen LogP contribution < -0.4 is 10.2 Å². The molecule has 0 spiro atoms. The van der Waals surface area contributed by atoms with Crippen molar-refractivity contribution >= 4 is 33.1 Å². The third-order valence-corrected chi connectivity index (χ3v) is 8.98. The normalized spacial score (nSPS) is 15.6. The molecule has 0 unspecified atom stereocenters. The maximum atomic E-state index is 15.3. The molecule has 0 amide bonds. The van der Waals surface area contributed by atoms with Gasteiger partial charge < -0.3 is 14.8 Å². The maximum absolute atomic E-state index is 15.3. The second kappa shape index (κ2) is 8.86. The average molecular weight is 541 g/mol. The van der Waals surface area contributed by atoms with Crippen molar-refractivity contribution in [2.24, 2.45) is 7.05 Å². The van der Waals surface area contributed by atoms with E-state index in [4.69, 9.17) is 4.98 Å². The molecule has 2 N–H and O–H groups in total. The van der Waals surface area contributed by atoms with Crippen molar-refractivity contribution in [3.05, 3.63) is 53.6 Å². The van der Waals surface area contributed by atoms with Crippen molar-refractivity contribution in [3.63, 3.8) is 0 Å². The third-order valence-electron chi connectivity index (χ3n) is 6.74. The maximum Gasteiger partial charge on any atom is 0.232 e. The van der Waals surface area contributed by atoms with E-state index in [1.165, 1.54) is 11.9 Å². The van der Waals surface area contributed by atoms with Gasteiger partial charge in [-0.05, 0) is 50.7 Å². The van der Waals surface area contributed by atoms with Gasteiger partial charge in [-0.25, -0.2) is 27.2 Å². The number of rotatable bonds is 8. The van der Waals surface area contributed by atoms with Gasteiger partial charge in [0, 0.05) is 37.6 Å². The Morgan fingerprint density at radius 2 is 1.82 bits per heavy atom. The number of aromatic amines is 1. The number of nitrogens with one attached hydrogen (secondary N) is 2. The average Bonchev–Trinajstić information content (AvgIpc) is 3.79. The second-order valence-corrected chi connectivity index (χ2v) is 12.2. The third kappa shape index (κ3) is 4.40. The predicted octanol–water partition coefficient (Wildman–Crippen LogP) is 4.51. The fourth-order valence-electron chi connectivity index (χ4n) is 4.49. The molecule has 13 heteroatoms. The predicted molar refractivity (Wildman–Crippen MR) is 137 cm³/mol. The Bertz CT molecular complexity index is 1630. The summed E-state index contributed by atoms with van der Waals surface area (Å²) in [5, 5.41) is 9.78. The van der Waals surface area contributed by atoms with E-state index in [1.807, 2.05) is 26.2 Å². The highest BCUT2D eigenvalue weighted by Crippen LogP contribution is 2.48. The molecule has 38 heavy (non-hydrogen) atoms. The largest absolute Gasteiger partial charge is 0.340 e. The topological polar surface area (TPSA) is 122 Å². The lowest BCUT2D eigenvalue weighted by molar-refractivity contribution is 0.566. The number of benzene rings is 1. The molecular formula is C25H26F2N8O2S. The highest BCUT2D eigenvalue weighted by atomic mass is 32.2. The molecule has 0 bridgehead atoms. The summed E-state index contributed by atoms with van der Waals surface area (Å²) in [7, 11) is -0.486. The van der Waals surface area contributed by atoms with Crippen LogP contribution >= 0.6 is 0 Å². The molecule has 2 aliphatic rings. The van der Waals surface area contributed by atoms with E-state index in [1.54, 1.807) is 10.9 Å². The zero-order chi connectivity index (χ0) is 26.8. The first-order valence-corrected chi connectivity index (χ1v) is 13.8. The second-order valence-electron chi connectivity index (χ2n) is 9.93. The van der Waals surface area contributed by atoms with E-state index in [-0.39, 0.29) is 16.8 Å². The molecule has 2 saturated carbocycles. The van der Waals surface area contributed by atoms with Crippen LogP contribution in [0.25, 0.3) is 11.4 Å². The Balaban J connectivity index is 1.48. The molecule has 3 heterocycles. The van der Waals surface area contributed by atoms with Crippen LogP contribution in [0.3, 0.4) is 0 Å². The molecule has 2 aliphatic carbocycles. The number of aromatic nitrogens is 6. The molecule has 0 saturated heterocycles. The van der Waals surface area contributed by atoms with Crippen molar-refractivity contribution in [1.29, 1.82) is 0 Å². The number of aryl methyl sites for hydroxylation is 2. The van der Waals surface area contributed by atoms with Crippen LogP contribution in [-0.4, -0.2) is 50.4 Å². The summed E-state index contributed by atoms with van der Waals surface area (Å²) in [5.41, 5.74) is 2.40. The molecule has 2 fully saturated rings. The van der Waals surface area contributed by atoms with Crippen LogP contribution in [0, 0.1) is 18.6 Å². The Labute approximate surface area is 218 Å². The van der Waals surface area contributed by atoms with Gasteiger partial charge >= 0.3 is 0 Å². The lowest BCUT2D eigenvalue weighted by Gasteiger charge is -2.22. The molecule has 198 valence electrons. The van der Waals surface area contributed by atoms with Gasteiger partial charge in [0.05, 0.1) is 16.5 Å². The molecule has 6 rings (SSSR count). The summed E-state index contributed by atoms with van der Waals surface area (Å²) in [6.07, 6.45) is 6.37.